The van der Waals surface area contributed by atoms with Crippen LogP contribution in [0.5, 0.6) is 11.5 Å². The van der Waals surface area contributed by atoms with Crippen LogP contribution < -0.4 is 10.1 Å². The minimum atomic E-state index is 0.271. The summed E-state index contributed by atoms with van der Waals surface area (Å²) in [6.07, 6.45) is 0. The first kappa shape index (κ1) is 11.3. The first-order valence-corrected chi connectivity index (χ1v) is 5.44. The van der Waals surface area contributed by atoms with Crippen molar-refractivity contribution in [2.45, 2.75) is 6.54 Å². The average Bonchev–Trinajstić information content (AvgIpc) is 2.38. The predicted octanol–water partition coefficient (Wildman–Crippen LogP) is 3.01. The standard InChI is InChI=1S/C14H15NO2/c1-17-14-5-3-2-4-11(14)10-15-12-6-8-13(16)9-7-12/h2-9,15-16H,10H2,1H3. The third kappa shape index (κ3) is 2.91. The van der Waals surface area contributed by atoms with Crippen molar-refractivity contribution in [2.24, 2.45) is 0 Å². The Bertz CT molecular complexity index is 480. The highest BCUT2D eigenvalue weighted by atomic mass is 16.5. The number of rotatable bonds is 4. The van der Waals surface area contributed by atoms with E-state index in [-0.39, 0.29) is 5.75 Å². The zero-order valence-electron chi connectivity index (χ0n) is 9.68. The summed E-state index contributed by atoms with van der Waals surface area (Å²) >= 11 is 0. The van der Waals surface area contributed by atoms with E-state index in [9.17, 15) is 5.11 Å². The monoisotopic (exact) mass is 229 g/mol. The molecule has 2 rings (SSSR count). The van der Waals surface area contributed by atoms with E-state index in [0.717, 1.165) is 17.0 Å². The molecule has 0 spiro atoms. The van der Waals surface area contributed by atoms with Gasteiger partial charge >= 0.3 is 0 Å². The number of methoxy groups -OCH3 is 1. The topological polar surface area (TPSA) is 41.5 Å². The highest BCUT2D eigenvalue weighted by molar-refractivity contribution is 5.47. The molecule has 0 atom stereocenters. The van der Waals surface area contributed by atoms with E-state index >= 15 is 0 Å². The van der Waals surface area contributed by atoms with Crippen LogP contribution in [0.2, 0.25) is 0 Å². The average molecular weight is 229 g/mol. The maximum absolute atomic E-state index is 9.18. The van der Waals surface area contributed by atoms with E-state index in [1.54, 1.807) is 19.2 Å². The molecule has 0 aliphatic carbocycles. The molecule has 0 saturated heterocycles. The van der Waals surface area contributed by atoms with Crippen molar-refractivity contribution in [3.8, 4) is 11.5 Å². The van der Waals surface area contributed by atoms with Crippen molar-refractivity contribution in [3.05, 3.63) is 54.1 Å². The van der Waals surface area contributed by atoms with E-state index in [1.165, 1.54) is 0 Å². The molecule has 0 saturated carbocycles. The third-order valence-corrected chi connectivity index (χ3v) is 2.54. The molecule has 3 nitrogen and oxygen atoms in total. The molecule has 2 aromatic carbocycles. The lowest BCUT2D eigenvalue weighted by Gasteiger charge is -2.10. The molecular weight excluding hydrogens is 214 g/mol. The zero-order chi connectivity index (χ0) is 12.1. The molecule has 17 heavy (non-hydrogen) atoms. The van der Waals surface area contributed by atoms with Crippen LogP contribution in [0.1, 0.15) is 5.56 Å². The minimum Gasteiger partial charge on any atom is -0.508 e. The SMILES string of the molecule is COc1ccccc1CNc1ccc(O)cc1. The Kier molecular flexibility index (Phi) is 3.50. The van der Waals surface area contributed by atoms with Crippen LogP contribution in [-0.4, -0.2) is 12.2 Å². The van der Waals surface area contributed by atoms with Crippen molar-refractivity contribution >= 4 is 5.69 Å². The number of anilines is 1. The van der Waals surface area contributed by atoms with Gasteiger partial charge in [-0.1, -0.05) is 18.2 Å². The second-order valence-corrected chi connectivity index (χ2v) is 3.71. The smallest absolute Gasteiger partial charge is 0.123 e. The summed E-state index contributed by atoms with van der Waals surface area (Å²) in [6.45, 7) is 0.689. The van der Waals surface area contributed by atoms with E-state index in [1.807, 2.05) is 36.4 Å². The van der Waals surface area contributed by atoms with Crippen LogP contribution >= 0.6 is 0 Å². The quantitative estimate of drug-likeness (QED) is 0.792. The molecule has 0 unspecified atom stereocenters. The third-order valence-electron chi connectivity index (χ3n) is 2.54. The van der Waals surface area contributed by atoms with Gasteiger partial charge in [-0.3, -0.25) is 0 Å². The lowest BCUT2D eigenvalue weighted by atomic mass is 10.2. The number of ether oxygens (including phenoxy) is 1. The number of aromatic hydroxyl groups is 1. The van der Waals surface area contributed by atoms with Crippen LogP contribution in [0, 0.1) is 0 Å². The Morgan fingerprint density at radius 1 is 1.06 bits per heavy atom. The lowest BCUT2D eigenvalue weighted by Crippen LogP contribution is -2.01. The normalized spacial score (nSPS) is 9.94. The van der Waals surface area contributed by atoms with Crippen molar-refractivity contribution in [1.29, 1.82) is 0 Å². The number of benzene rings is 2. The summed E-state index contributed by atoms with van der Waals surface area (Å²) in [5.74, 6) is 1.15. The van der Waals surface area contributed by atoms with Crippen LogP contribution in [0.3, 0.4) is 0 Å². The van der Waals surface area contributed by atoms with Crippen molar-refractivity contribution in [1.82, 2.24) is 0 Å². The van der Waals surface area contributed by atoms with E-state index in [0.29, 0.717) is 6.54 Å². The van der Waals surface area contributed by atoms with Gasteiger partial charge in [0.25, 0.3) is 0 Å². The Labute approximate surface area is 101 Å². The zero-order valence-corrected chi connectivity index (χ0v) is 9.68. The molecule has 0 aliphatic rings. The number of phenolic OH excluding ortho intramolecular Hbond substituents is 1. The maximum Gasteiger partial charge on any atom is 0.123 e. The van der Waals surface area contributed by atoms with Gasteiger partial charge in [0.1, 0.15) is 11.5 Å². The van der Waals surface area contributed by atoms with Gasteiger partial charge in [0.05, 0.1) is 7.11 Å². The fourth-order valence-electron chi connectivity index (χ4n) is 1.63. The fourth-order valence-corrected chi connectivity index (χ4v) is 1.63. The molecule has 3 heteroatoms. The van der Waals surface area contributed by atoms with Crippen molar-refractivity contribution < 1.29 is 9.84 Å². The van der Waals surface area contributed by atoms with Crippen LogP contribution in [0.4, 0.5) is 5.69 Å². The Balaban J connectivity index is 2.04. The van der Waals surface area contributed by atoms with Gasteiger partial charge in [0.2, 0.25) is 0 Å². The first-order valence-electron chi connectivity index (χ1n) is 5.44. The van der Waals surface area contributed by atoms with Crippen LogP contribution in [0.15, 0.2) is 48.5 Å². The van der Waals surface area contributed by atoms with Gasteiger partial charge in [-0.15, -0.1) is 0 Å². The lowest BCUT2D eigenvalue weighted by molar-refractivity contribution is 0.410. The molecule has 2 aromatic rings. The second kappa shape index (κ2) is 5.25. The van der Waals surface area contributed by atoms with Gasteiger partial charge in [-0.25, -0.2) is 0 Å². The van der Waals surface area contributed by atoms with Gasteiger partial charge in [0, 0.05) is 17.8 Å². The van der Waals surface area contributed by atoms with E-state index in [2.05, 4.69) is 5.32 Å². The van der Waals surface area contributed by atoms with E-state index < -0.39 is 0 Å². The maximum atomic E-state index is 9.18. The molecule has 0 aromatic heterocycles. The molecule has 0 bridgehead atoms. The van der Waals surface area contributed by atoms with Crippen LogP contribution in [0.25, 0.3) is 0 Å². The van der Waals surface area contributed by atoms with Gasteiger partial charge < -0.3 is 15.2 Å². The molecule has 0 aliphatic heterocycles. The highest BCUT2D eigenvalue weighted by Gasteiger charge is 2.00. The fraction of sp³-hybridized carbons (Fsp3) is 0.143. The van der Waals surface area contributed by atoms with Crippen molar-refractivity contribution in [3.63, 3.8) is 0 Å². The Morgan fingerprint density at radius 3 is 2.47 bits per heavy atom. The molecule has 0 heterocycles. The first-order chi connectivity index (χ1) is 8.29. The molecule has 0 amide bonds. The summed E-state index contributed by atoms with van der Waals surface area (Å²) in [5, 5.41) is 12.4. The molecule has 0 radical (unpaired) electrons. The summed E-state index contributed by atoms with van der Waals surface area (Å²) in [5.41, 5.74) is 2.07. The molecule has 88 valence electrons. The highest BCUT2D eigenvalue weighted by Crippen LogP contribution is 2.19. The molecule has 2 N–H and O–H groups in total. The number of phenols is 1. The number of hydrogen-bond donors (Lipinski definition) is 2. The number of para-hydroxylation sites is 1. The van der Waals surface area contributed by atoms with Gasteiger partial charge in [-0.05, 0) is 30.3 Å². The van der Waals surface area contributed by atoms with Gasteiger partial charge in [-0.2, -0.15) is 0 Å². The van der Waals surface area contributed by atoms with E-state index in [4.69, 9.17) is 4.74 Å². The second-order valence-electron chi connectivity index (χ2n) is 3.71. The molecule has 0 fully saturated rings. The van der Waals surface area contributed by atoms with Gasteiger partial charge in [0.15, 0.2) is 0 Å². The van der Waals surface area contributed by atoms with Crippen molar-refractivity contribution in [2.75, 3.05) is 12.4 Å². The predicted molar refractivity (Wildman–Crippen MR) is 68.4 cm³/mol. The number of hydrogen-bond acceptors (Lipinski definition) is 3. The summed E-state index contributed by atoms with van der Waals surface area (Å²) in [6, 6.07) is 14.9. The minimum absolute atomic E-state index is 0.271. The summed E-state index contributed by atoms with van der Waals surface area (Å²) in [4.78, 5) is 0. The summed E-state index contributed by atoms with van der Waals surface area (Å²) in [7, 11) is 1.67. The number of nitrogens with one attached hydrogen (secondary N) is 1. The Hall–Kier alpha value is -2.16. The largest absolute Gasteiger partial charge is 0.508 e. The Morgan fingerprint density at radius 2 is 1.76 bits per heavy atom. The van der Waals surface area contributed by atoms with Crippen LogP contribution in [-0.2, 0) is 6.54 Å². The molecular formula is C14H15NO2. The summed E-state index contributed by atoms with van der Waals surface area (Å²) < 4.78 is 5.27.